The molecule has 0 unspecified atom stereocenters. The van der Waals surface area contributed by atoms with Crippen molar-refractivity contribution in [3.8, 4) is 0 Å². The van der Waals surface area contributed by atoms with Crippen LogP contribution in [0.3, 0.4) is 0 Å². The zero-order valence-corrected chi connectivity index (χ0v) is 12.8. The summed E-state index contributed by atoms with van der Waals surface area (Å²) in [6, 6.07) is 8.07. The van der Waals surface area contributed by atoms with Crippen molar-refractivity contribution in [2.75, 3.05) is 18.0 Å². The number of nitrogens with zero attached hydrogens (tertiary/aromatic N) is 2. The van der Waals surface area contributed by atoms with Crippen molar-refractivity contribution < 1.29 is 9.59 Å². The quantitative estimate of drug-likeness (QED) is 0.502. The van der Waals surface area contributed by atoms with Crippen molar-refractivity contribution in [2.45, 2.75) is 32.6 Å². The van der Waals surface area contributed by atoms with Gasteiger partial charge in [-0.2, -0.15) is 5.10 Å². The second-order valence-electron chi connectivity index (χ2n) is 5.45. The van der Waals surface area contributed by atoms with Crippen molar-refractivity contribution in [1.82, 2.24) is 5.43 Å². The van der Waals surface area contributed by atoms with Gasteiger partial charge in [-0.3, -0.25) is 9.59 Å². The predicted molar refractivity (Wildman–Crippen MR) is 86.7 cm³/mol. The molecule has 0 radical (unpaired) electrons. The van der Waals surface area contributed by atoms with Crippen molar-refractivity contribution in [1.29, 1.82) is 0 Å². The van der Waals surface area contributed by atoms with Crippen LogP contribution in [0.1, 0.15) is 38.2 Å². The third-order valence-electron chi connectivity index (χ3n) is 3.81. The van der Waals surface area contributed by atoms with Crippen LogP contribution in [-0.2, 0) is 9.59 Å². The average Bonchev–Trinajstić information content (AvgIpc) is 2.81. The molecule has 1 aromatic rings. The Labute approximate surface area is 130 Å². The van der Waals surface area contributed by atoms with E-state index in [1.807, 2.05) is 12.1 Å². The van der Waals surface area contributed by atoms with Crippen LogP contribution in [-0.4, -0.2) is 30.6 Å². The van der Waals surface area contributed by atoms with E-state index in [1.165, 1.54) is 31.4 Å². The van der Waals surface area contributed by atoms with Crippen LogP contribution in [0, 0.1) is 0 Å². The van der Waals surface area contributed by atoms with Crippen LogP contribution in [0.5, 0.6) is 0 Å². The van der Waals surface area contributed by atoms with Crippen molar-refractivity contribution >= 4 is 23.2 Å². The molecule has 1 aliphatic heterocycles. The number of nitrogens with one attached hydrogen (secondary N) is 1. The Kier molecular flexibility index (Phi) is 5.52. The lowest BCUT2D eigenvalue weighted by atomic mass is 10.1. The molecule has 6 heteroatoms. The predicted octanol–water partition coefficient (Wildman–Crippen LogP) is 1.39. The maximum atomic E-state index is 11.1. The molecule has 0 aliphatic carbocycles. The minimum Gasteiger partial charge on any atom is -0.372 e. The van der Waals surface area contributed by atoms with Crippen LogP contribution in [0.2, 0.25) is 0 Å². The number of benzene rings is 1. The smallest absolute Gasteiger partial charge is 0.329 e. The molecule has 0 spiro atoms. The fourth-order valence-corrected chi connectivity index (χ4v) is 2.50. The molecule has 3 N–H and O–H groups in total. The molecule has 1 saturated heterocycles. The van der Waals surface area contributed by atoms with Crippen LogP contribution < -0.4 is 16.1 Å². The Balaban J connectivity index is 2.02. The monoisotopic (exact) mass is 302 g/mol. The number of nitrogens with two attached hydrogens (primary N) is 1. The lowest BCUT2D eigenvalue weighted by molar-refractivity contribution is -0.137. The minimum absolute atomic E-state index is 0.622. The Morgan fingerprint density at radius 1 is 1.09 bits per heavy atom. The molecule has 1 aromatic carbocycles. The topological polar surface area (TPSA) is 87.8 Å². The number of hydrogen-bond acceptors (Lipinski definition) is 4. The highest BCUT2D eigenvalue weighted by Crippen LogP contribution is 2.20. The number of amides is 2. The Hall–Kier alpha value is -2.37. The van der Waals surface area contributed by atoms with E-state index in [1.54, 1.807) is 6.92 Å². The summed E-state index contributed by atoms with van der Waals surface area (Å²) >= 11 is 0. The highest BCUT2D eigenvalue weighted by molar-refractivity contribution is 6.34. The number of hydrazone groups is 1. The van der Waals surface area contributed by atoms with Crippen LogP contribution >= 0.6 is 0 Å². The highest BCUT2D eigenvalue weighted by Gasteiger charge is 2.10. The number of anilines is 1. The zero-order valence-electron chi connectivity index (χ0n) is 12.8. The first-order valence-corrected chi connectivity index (χ1v) is 7.57. The van der Waals surface area contributed by atoms with Gasteiger partial charge in [0.15, 0.2) is 0 Å². The first-order valence-electron chi connectivity index (χ1n) is 7.57. The lowest BCUT2D eigenvalue weighted by Crippen LogP contribution is -2.33. The van der Waals surface area contributed by atoms with E-state index in [-0.39, 0.29) is 0 Å². The fraction of sp³-hybridized carbons (Fsp3) is 0.438. The van der Waals surface area contributed by atoms with Gasteiger partial charge in [0.05, 0.1) is 5.71 Å². The van der Waals surface area contributed by atoms with E-state index in [2.05, 4.69) is 27.6 Å². The van der Waals surface area contributed by atoms with Gasteiger partial charge in [0.2, 0.25) is 0 Å². The molecule has 0 bridgehead atoms. The number of carbonyl (C=O) groups excluding carboxylic acids is 2. The zero-order chi connectivity index (χ0) is 15.9. The van der Waals surface area contributed by atoms with Gasteiger partial charge in [0.1, 0.15) is 0 Å². The first-order chi connectivity index (χ1) is 10.6. The first kappa shape index (κ1) is 16.0. The van der Waals surface area contributed by atoms with Gasteiger partial charge in [-0.15, -0.1) is 0 Å². The Bertz CT molecular complexity index is 558. The van der Waals surface area contributed by atoms with E-state index < -0.39 is 11.8 Å². The minimum atomic E-state index is -1.05. The molecule has 0 saturated carbocycles. The summed E-state index contributed by atoms with van der Waals surface area (Å²) in [6.45, 7) is 3.96. The summed E-state index contributed by atoms with van der Waals surface area (Å²) in [5, 5.41) is 3.88. The van der Waals surface area contributed by atoms with E-state index in [0.717, 1.165) is 18.7 Å². The summed E-state index contributed by atoms with van der Waals surface area (Å²) in [5.74, 6) is -1.96. The van der Waals surface area contributed by atoms with Gasteiger partial charge in [-0.25, -0.2) is 5.43 Å². The molecule has 2 rings (SSSR count). The van der Waals surface area contributed by atoms with Gasteiger partial charge in [0.25, 0.3) is 0 Å². The molecule has 2 amide bonds. The molecule has 22 heavy (non-hydrogen) atoms. The molecule has 1 heterocycles. The number of hydrogen-bond donors (Lipinski definition) is 2. The number of primary amides is 1. The number of carbonyl (C=O) groups is 2. The highest BCUT2D eigenvalue weighted by atomic mass is 16.2. The third-order valence-corrected chi connectivity index (χ3v) is 3.81. The number of rotatable bonds is 3. The normalized spacial score (nSPS) is 16.0. The molecule has 118 valence electrons. The Morgan fingerprint density at radius 3 is 2.23 bits per heavy atom. The summed E-state index contributed by atoms with van der Waals surface area (Å²) in [6.07, 6.45) is 5.09. The molecule has 1 fully saturated rings. The molecule has 0 atom stereocenters. The van der Waals surface area contributed by atoms with Gasteiger partial charge >= 0.3 is 11.8 Å². The summed E-state index contributed by atoms with van der Waals surface area (Å²) in [5.41, 5.74) is 9.70. The average molecular weight is 302 g/mol. The standard InChI is InChI=1S/C16H22N4O2/c1-12(18-19-16(22)15(17)21)13-6-8-14(9-7-13)20-10-4-2-3-5-11-20/h6-9H,2-5,10-11H2,1H3,(H2,17,21)(H,19,22)/b18-12+. The second-order valence-corrected chi connectivity index (χ2v) is 5.45. The van der Waals surface area contributed by atoms with Gasteiger partial charge in [-0.05, 0) is 37.5 Å². The molecule has 0 aromatic heterocycles. The molecule has 6 nitrogen and oxygen atoms in total. The molecular weight excluding hydrogens is 280 g/mol. The fourth-order valence-electron chi connectivity index (χ4n) is 2.50. The molecule has 1 aliphatic rings. The maximum Gasteiger partial charge on any atom is 0.329 e. The second kappa shape index (κ2) is 7.59. The van der Waals surface area contributed by atoms with E-state index >= 15 is 0 Å². The SMILES string of the molecule is C/C(=N\NC(=O)C(N)=O)c1ccc(N2CCCCCC2)cc1. The summed E-state index contributed by atoms with van der Waals surface area (Å²) in [7, 11) is 0. The van der Waals surface area contributed by atoms with E-state index in [0.29, 0.717) is 5.71 Å². The lowest BCUT2D eigenvalue weighted by Gasteiger charge is -2.22. The van der Waals surface area contributed by atoms with Crippen molar-refractivity contribution in [3.05, 3.63) is 29.8 Å². The van der Waals surface area contributed by atoms with Crippen LogP contribution in [0.15, 0.2) is 29.4 Å². The largest absolute Gasteiger partial charge is 0.372 e. The van der Waals surface area contributed by atoms with Gasteiger partial charge < -0.3 is 10.6 Å². The summed E-state index contributed by atoms with van der Waals surface area (Å²) < 4.78 is 0. The third kappa shape index (κ3) is 4.31. The van der Waals surface area contributed by atoms with Crippen molar-refractivity contribution in [3.63, 3.8) is 0 Å². The van der Waals surface area contributed by atoms with Crippen molar-refractivity contribution in [2.24, 2.45) is 10.8 Å². The Morgan fingerprint density at radius 2 is 1.68 bits per heavy atom. The van der Waals surface area contributed by atoms with E-state index in [4.69, 9.17) is 5.73 Å². The van der Waals surface area contributed by atoms with Crippen LogP contribution in [0.25, 0.3) is 0 Å². The molecular formula is C16H22N4O2. The van der Waals surface area contributed by atoms with E-state index in [9.17, 15) is 9.59 Å². The van der Waals surface area contributed by atoms with Gasteiger partial charge in [0, 0.05) is 18.8 Å². The van der Waals surface area contributed by atoms with Crippen LogP contribution in [0.4, 0.5) is 5.69 Å². The maximum absolute atomic E-state index is 11.1. The summed E-state index contributed by atoms with van der Waals surface area (Å²) in [4.78, 5) is 24.1. The van der Waals surface area contributed by atoms with Gasteiger partial charge in [-0.1, -0.05) is 25.0 Å².